The fraction of sp³-hybridized carbons (Fsp3) is 0.364. The van der Waals surface area contributed by atoms with Crippen LogP contribution in [0.5, 0.6) is 0 Å². The molecule has 158 valence electrons. The lowest BCUT2D eigenvalue weighted by Gasteiger charge is -2.25. The van der Waals surface area contributed by atoms with Gasteiger partial charge in [0.15, 0.2) is 4.80 Å². The molecule has 0 unspecified atom stereocenters. The first kappa shape index (κ1) is 21.0. The molecule has 3 aromatic rings. The number of benzene rings is 2. The number of nitrogens with zero attached hydrogens (tertiary/aromatic N) is 3. The SMILES string of the molecule is Cc1cc(C)c2sc(=NC(=O)c3ccc(S(=O)(=O)N4CCCCC4)cc3)n(C)c2c1. The number of amides is 1. The Balaban J connectivity index is 1.64. The zero-order valence-corrected chi connectivity index (χ0v) is 19.0. The molecule has 0 atom stereocenters. The van der Waals surface area contributed by atoms with Gasteiger partial charge in [-0.2, -0.15) is 9.30 Å². The molecular weight excluding hydrogens is 418 g/mol. The van der Waals surface area contributed by atoms with Crippen LogP contribution < -0.4 is 4.80 Å². The third-order valence-electron chi connectivity index (χ3n) is 5.49. The van der Waals surface area contributed by atoms with Crippen LogP contribution in [0.15, 0.2) is 46.3 Å². The van der Waals surface area contributed by atoms with E-state index < -0.39 is 10.0 Å². The lowest BCUT2D eigenvalue weighted by molar-refractivity contribution is 0.0998. The largest absolute Gasteiger partial charge is 0.319 e. The molecule has 0 bridgehead atoms. The monoisotopic (exact) mass is 443 g/mol. The van der Waals surface area contributed by atoms with E-state index in [0.29, 0.717) is 23.5 Å². The van der Waals surface area contributed by atoms with Gasteiger partial charge in [-0.15, -0.1) is 0 Å². The molecule has 1 fully saturated rings. The molecule has 1 aliphatic rings. The zero-order chi connectivity index (χ0) is 21.5. The van der Waals surface area contributed by atoms with Gasteiger partial charge >= 0.3 is 0 Å². The van der Waals surface area contributed by atoms with Crippen molar-refractivity contribution < 1.29 is 13.2 Å². The van der Waals surface area contributed by atoms with Gasteiger partial charge in [0.2, 0.25) is 10.0 Å². The minimum atomic E-state index is -3.51. The quantitative estimate of drug-likeness (QED) is 0.619. The van der Waals surface area contributed by atoms with E-state index in [9.17, 15) is 13.2 Å². The van der Waals surface area contributed by atoms with Crippen LogP contribution in [0.1, 0.15) is 40.7 Å². The molecule has 1 aromatic heterocycles. The molecule has 0 radical (unpaired) electrons. The highest BCUT2D eigenvalue weighted by atomic mass is 32.2. The minimum Gasteiger partial charge on any atom is -0.319 e. The molecule has 0 saturated carbocycles. The van der Waals surface area contributed by atoms with Crippen molar-refractivity contribution in [1.82, 2.24) is 8.87 Å². The second-order valence-corrected chi connectivity index (χ2v) is 10.7. The average Bonchev–Trinajstić information content (AvgIpc) is 3.05. The topological polar surface area (TPSA) is 71.7 Å². The Kier molecular flexibility index (Phi) is 5.65. The highest BCUT2D eigenvalue weighted by Gasteiger charge is 2.25. The summed E-state index contributed by atoms with van der Waals surface area (Å²) in [5.41, 5.74) is 3.74. The number of carbonyl (C=O) groups is 1. The predicted octanol–water partition coefficient (Wildman–Crippen LogP) is 3.77. The number of hydrogen-bond acceptors (Lipinski definition) is 4. The Bertz CT molecular complexity index is 1280. The fourth-order valence-corrected chi connectivity index (χ4v) is 6.43. The second-order valence-electron chi connectivity index (χ2n) is 7.78. The maximum absolute atomic E-state index is 12.8. The maximum atomic E-state index is 12.8. The molecule has 2 heterocycles. The molecular formula is C22H25N3O3S2. The van der Waals surface area contributed by atoms with Crippen LogP contribution in [-0.2, 0) is 17.1 Å². The summed E-state index contributed by atoms with van der Waals surface area (Å²) in [6, 6.07) is 10.3. The Hall–Kier alpha value is -2.29. The number of rotatable bonds is 3. The Labute approximate surface area is 180 Å². The number of carbonyl (C=O) groups excluding carboxylic acids is 1. The van der Waals surface area contributed by atoms with Gasteiger partial charge in [-0.05, 0) is 68.1 Å². The van der Waals surface area contributed by atoms with Crippen molar-refractivity contribution in [2.75, 3.05) is 13.1 Å². The van der Waals surface area contributed by atoms with Crippen molar-refractivity contribution in [3.8, 4) is 0 Å². The summed E-state index contributed by atoms with van der Waals surface area (Å²) in [5, 5.41) is 0. The molecule has 30 heavy (non-hydrogen) atoms. The zero-order valence-electron chi connectivity index (χ0n) is 17.4. The number of piperidine rings is 1. The number of sulfonamides is 1. The lowest BCUT2D eigenvalue weighted by atomic mass is 10.1. The van der Waals surface area contributed by atoms with Gasteiger partial charge < -0.3 is 4.57 Å². The van der Waals surface area contributed by atoms with E-state index in [1.54, 1.807) is 12.1 Å². The highest BCUT2D eigenvalue weighted by molar-refractivity contribution is 7.89. The first-order valence-electron chi connectivity index (χ1n) is 10.0. The van der Waals surface area contributed by atoms with Gasteiger partial charge in [0.25, 0.3) is 5.91 Å². The Morgan fingerprint density at radius 3 is 2.37 bits per heavy atom. The third-order valence-corrected chi connectivity index (χ3v) is 8.69. The Morgan fingerprint density at radius 1 is 1.03 bits per heavy atom. The van der Waals surface area contributed by atoms with Crippen LogP contribution in [0.4, 0.5) is 0 Å². The fourth-order valence-electron chi connectivity index (χ4n) is 3.85. The normalized spacial score (nSPS) is 16.3. The summed E-state index contributed by atoms with van der Waals surface area (Å²) < 4.78 is 30.1. The molecule has 2 aromatic carbocycles. The van der Waals surface area contributed by atoms with Crippen molar-refractivity contribution in [2.45, 2.75) is 38.0 Å². The van der Waals surface area contributed by atoms with Crippen LogP contribution in [0.3, 0.4) is 0 Å². The first-order valence-corrected chi connectivity index (χ1v) is 12.3. The van der Waals surface area contributed by atoms with Crippen molar-refractivity contribution >= 4 is 37.5 Å². The first-order chi connectivity index (χ1) is 14.3. The molecule has 1 amide bonds. The maximum Gasteiger partial charge on any atom is 0.279 e. The van der Waals surface area contributed by atoms with Crippen molar-refractivity contribution in [3.63, 3.8) is 0 Å². The molecule has 4 rings (SSSR count). The lowest BCUT2D eigenvalue weighted by Crippen LogP contribution is -2.35. The van der Waals surface area contributed by atoms with Crippen molar-refractivity contribution in [2.24, 2.45) is 12.0 Å². The van der Waals surface area contributed by atoms with Crippen molar-refractivity contribution in [3.05, 3.63) is 57.9 Å². The van der Waals surface area contributed by atoms with Crippen LogP contribution >= 0.6 is 11.3 Å². The van der Waals surface area contributed by atoms with Gasteiger partial charge in [-0.3, -0.25) is 4.79 Å². The summed E-state index contributed by atoms with van der Waals surface area (Å²) >= 11 is 1.48. The molecule has 8 heteroatoms. The van der Waals surface area contributed by atoms with Crippen LogP contribution in [0.25, 0.3) is 10.2 Å². The molecule has 1 aliphatic heterocycles. The van der Waals surface area contributed by atoms with Gasteiger partial charge in [0.1, 0.15) is 0 Å². The number of thiazole rings is 1. The van der Waals surface area contributed by atoms with E-state index >= 15 is 0 Å². The standard InChI is InChI=1S/C22H25N3O3S2/c1-15-13-16(2)20-19(14-15)24(3)22(29-20)23-21(26)17-7-9-18(10-8-17)30(27,28)25-11-5-4-6-12-25/h7-10,13-14H,4-6,11-12H2,1-3H3. The number of aromatic nitrogens is 1. The summed E-state index contributed by atoms with van der Waals surface area (Å²) in [6.45, 7) is 5.21. The molecule has 0 aliphatic carbocycles. The average molecular weight is 444 g/mol. The number of fused-ring (bicyclic) bond motifs is 1. The predicted molar refractivity (Wildman–Crippen MR) is 119 cm³/mol. The number of aryl methyl sites for hydroxylation is 3. The third kappa shape index (κ3) is 3.87. The second kappa shape index (κ2) is 8.09. The van der Waals surface area contributed by atoms with E-state index in [0.717, 1.165) is 40.6 Å². The van der Waals surface area contributed by atoms with E-state index in [4.69, 9.17) is 0 Å². The summed E-state index contributed by atoms with van der Waals surface area (Å²) in [7, 11) is -1.61. The van der Waals surface area contributed by atoms with Crippen LogP contribution in [0.2, 0.25) is 0 Å². The van der Waals surface area contributed by atoms with E-state index in [1.807, 2.05) is 18.5 Å². The van der Waals surface area contributed by atoms with Crippen LogP contribution in [0, 0.1) is 13.8 Å². The van der Waals surface area contributed by atoms with Gasteiger partial charge in [0, 0.05) is 25.7 Å². The number of hydrogen-bond donors (Lipinski definition) is 0. The summed E-state index contributed by atoms with van der Waals surface area (Å²) in [6.07, 6.45) is 2.84. The molecule has 0 N–H and O–H groups in total. The van der Waals surface area contributed by atoms with E-state index in [2.05, 4.69) is 24.0 Å². The molecule has 0 spiro atoms. The van der Waals surface area contributed by atoms with E-state index in [1.165, 1.54) is 27.8 Å². The Morgan fingerprint density at radius 2 is 1.70 bits per heavy atom. The highest BCUT2D eigenvalue weighted by Crippen LogP contribution is 2.23. The summed E-state index contributed by atoms with van der Waals surface area (Å²) in [4.78, 5) is 17.9. The van der Waals surface area contributed by atoms with Gasteiger partial charge in [-0.1, -0.05) is 23.8 Å². The molecule has 6 nitrogen and oxygen atoms in total. The summed E-state index contributed by atoms with van der Waals surface area (Å²) in [5.74, 6) is -0.381. The van der Waals surface area contributed by atoms with Crippen molar-refractivity contribution in [1.29, 1.82) is 0 Å². The molecule has 1 saturated heterocycles. The van der Waals surface area contributed by atoms with Crippen LogP contribution in [-0.4, -0.2) is 36.3 Å². The van der Waals surface area contributed by atoms with E-state index in [-0.39, 0.29) is 10.8 Å². The smallest absolute Gasteiger partial charge is 0.279 e. The van der Waals surface area contributed by atoms with Gasteiger partial charge in [-0.25, -0.2) is 8.42 Å². The minimum absolute atomic E-state index is 0.222. The van der Waals surface area contributed by atoms with Gasteiger partial charge in [0.05, 0.1) is 15.1 Å².